The molecule has 0 atom stereocenters. The number of anilines is 1. The van der Waals surface area contributed by atoms with Crippen molar-refractivity contribution in [2.24, 2.45) is 5.10 Å². The lowest BCUT2D eigenvalue weighted by atomic mass is 10.3. The van der Waals surface area contributed by atoms with Gasteiger partial charge in [-0.2, -0.15) is 5.10 Å². The van der Waals surface area contributed by atoms with Gasteiger partial charge in [-0.15, -0.1) is 0 Å². The molecule has 0 fully saturated rings. The number of aromatic nitrogens is 1. The highest BCUT2D eigenvalue weighted by Crippen LogP contribution is 2.15. The monoisotopic (exact) mass is 354 g/mol. The molecule has 4 nitrogen and oxygen atoms in total. The zero-order valence-corrected chi connectivity index (χ0v) is 14.3. The quantitative estimate of drug-likeness (QED) is 0.413. The molecule has 0 radical (unpaired) electrons. The zero-order valence-electron chi connectivity index (χ0n) is 12.7. The fraction of sp³-hybridized carbons (Fsp3) is 0. The zero-order chi connectivity index (χ0) is 16.8. The summed E-state index contributed by atoms with van der Waals surface area (Å²) in [5.74, 6) is 0. The van der Waals surface area contributed by atoms with Gasteiger partial charge in [0.15, 0.2) is 5.11 Å². The van der Waals surface area contributed by atoms with Crippen LogP contribution in [0, 0.1) is 0 Å². The number of halogens is 1. The summed E-state index contributed by atoms with van der Waals surface area (Å²) in [5, 5.41) is 8.39. The summed E-state index contributed by atoms with van der Waals surface area (Å²) in [5.41, 5.74) is 5.66. The van der Waals surface area contributed by atoms with Gasteiger partial charge in [-0.05, 0) is 60.7 Å². The third-order valence-electron chi connectivity index (χ3n) is 3.28. The number of hydrogen-bond donors (Lipinski definition) is 2. The molecule has 0 aliphatic carbocycles. The second-order valence-corrected chi connectivity index (χ2v) is 5.81. The molecule has 0 unspecified atom stereocenters. The van der Waals surface area contributed by atoms with E-state index in [9.17, 15) is 0 Å². The van der Waals surface area contributed by atoms with E-state index in [1.807, 2.05) is 77.5 Å². The summed E-state index contributed by atoms with van der Waals surface area (Å²) in [6, 6.07) is 21.2. The van der Waals surface area contributed by atoms with Crippen molar-refractivity contribution in [1.29, 1.82) is 0 Å². The average Bonchev–Trinajstić information content (AvgIpc) is 3.05. The highest BCUT2D eigenvalue weighted by atomic mass is 35.5. The van der Waals surface area contributed by atoms with Crippen molar-refractivity contribution < 1.29 is 0 Å². The van der Waals surface area contributed by atoms with Crippen LogP contribution in [-0.4, -0.2) is 15.9 Å². The van der Waals surface area contributed by atoms with Crippen molar-refractivity contribution in [1.82, 2.24) is 9.99 Å². The number of nitrogens with one attached hydrogen (secondary N) is 2. The van der Waals surface area contributed by atoms with Gasteiger partial charge in [0.25, 0.3) is 0 Å². The predicted molar refractivity (Wildman–Crippen MR) is 104 cm³/mol. The van der Waals surface area contributed by atoms with Gasteiger partial charge < -0.3 is 9.88 Å². The van der Waals surface area contributed by atoms with E-state index in [4.69, 9.17) is 23.8 Å². The van der Waals surface area contributed by atoms with Crippen LogP contribution in [0.4, 0.5) is 5.69 Å². The van der Waals surface area contributed by atoms with Crippen molar-refractivity contribution >= 4 is 40.8 Å². The molecular formula is C18H15ClN4S. The first-order valence-electron chi connectivity index (χ1n) is 7.31. The van der Waals surface area contributed by atoms with Crippen LogP contribution < -0.4 is 10.7 Å². The van der Waals surface area contributed by atoms with Crippen LogP contribution in [-0.2, 0) is 0 Å². The second-order valence-electron chi connectivity index (χ2n) is 4.97. The van der Waals surface area contributed by atoms with Crippen LogP contribution >= 0.6 is 23.8 Å². The summed E-state index contributed by atoms with van der Waals surface area (Å²) >= 11 is 11.1. The Morgan fingerprint density at radius 1 is 1.00 bits per heavy atom. The van der Waals surface area contributed by atoms with E-state index < -0.39 is 0 Å². The maximum atomic E-state index is 5.93. The molecule has 2 N–H and O–H groups in total. The van der Waals surface area contributed by atoms with E-state index in [2.05, 4.69) is 15.8 Å². The molecule has 2 aromatic carbocycles. The Hall–Kier alpha value is -2.63. The maximum Gasteiger partial charge on any atom is 0.191 e. The fourth-order valence-corrected chi connectivity index (χ4v) is 2.47. The number of hydrazone groups is 1. The molecule has 24 heavy (non-hydrogen) atoms. The molecule has 0 saturated heterocycles. The number of rotatable bonds is 4. The first-order valence-corrected chi connectivity index (χ1v) is 8.09. The maximum absolute atomic E-state index is 5.93. The minimum absolute atomic E-state index is 0.432. The first kappa shape index (κ1) is 16.2. The Morgan fingerprint density at radius 2 is 1.75 bits per heavy atom. The Labute approximate surface area is 150 Å². The largest absolute Gasteiger partial charge is 0.331 e. The van der Waals surface area contributed by atoms with Gasteiger partial charge in [-0.1, -0.05) is 29.8 Å². The van der Waals surface area contributed by atoms with Crippen LogP contribution in [0.15, 0.2) is 78.0 Å². The normalized spacial score (nSPS) is 10.7. The van der Waals surface area contributed by atoms with E-state index in [0.717, 1.165) is 17.1 Å². The standard InChI is InChI=1S/C18H15ClN4S/c19-14-8-10-16(11-9-14)23-12-4-7-17(23)13-20-22-18(24)21-15-5-2-1-3-6-15/h1-13H,(H2,21,22,24)/b20-13+. The summed E-state index contributed by atoms with van der Waals surface area (Å²) < 4.78 is 2.01. The second kappa shape index (κ2) is 7.77. The predicted octanol–water partition coefficient (Wildman–Crippen LogP) is 4.45. The third kappa shape index (κ3) is 4.22. The van der Waals surface area contributed by atoms with Crippen molar-refractivity contribution in [2.75, 3.05) is 5.32 Å². The Morgan fingerprint density at radius 3 is 2.50 bits per heavy atom. The van der Waals surface area contributed by atoms with E-state index in [1.54, 1.807) is 6.21 Å². The van der Waals surface area contributed by atoms with Gasteiger partial charge in [0.05, 0.1) is 11.9 Å². The lowest BCUT2D eigenvalue weighted by Crippen LogP contribution is -2.23. The third-order valence-corrected chi connectivity index (χ3v) is 3.72. The lowest BCUT2D eigenvalue weighted by molar-refractivity contribution is 1.03. The van der Waals surface area contributed by atoms with Crippen molar-refractivity contribution in [3.63, 3.8) is 0 Å². The van der Waals surface area contributed by atoms with Crippen LogP contribution in [0.2, 0.25) is 5.02 Å². The van der Waals surface area contributed by atoms with E-state index >= 15 is 0 Å². The SMILES string of the molecule is S=C(N/N=C/c1cccn1-c1ccc(Cl)cc1)Nc1ccccc1. The van der Waals surface area contributed by atoms with E-state index in [0.29, 0.717) is 10.1 Å². The molecule has 1 aromatic heterocycles. The molecule has 6 heteroatoms. The highest BCUT2D eigenvalue weighted by molar-refractivity contribution is 7.80. The molecule has 0 aliphatic heterocycles. The van der Waals surface area contributed by atoms with Gasteiger partial charge in [0.2, 0.25) is 0 Å². The number of para-hydroxylation sites is 1. The Bertz CT molecular complexity index is 841. The van der Waals surface area contributed by atoms with Gasteiger partial charge in [-0.25, -0.2) is 0 Å². The summed E-state index contributed by atoms with van der Waals surface area (Å²) in [6.45, 7) is 0. The average molecular weight is 355 g/mol. The molecule has 0 saturated carbocycles. The molecule has 0 amide bonds. The molecule has 0 spiro atoms. The molecule has 1 heterocycles. The topological polar surface area (TPSA) is 41.4 Å². The van der Waals surface area contributed by atoms with Gasteiger partial charge in [-0.3, -0.25) is 5.43 Å². The van der Waals surface area contributed by atoms with Crippen LogP contribution in [0.1, 0.15) is 5.69 Å². The number of hydrogen-bond acceptors (Lipinski definition) is 2. The van der Waals surface area contributed by atoms with Gasteiger partial charge in [0, 0.05) is 22.6 Å². The van der Waals surface area contributed by atoms with Crippen molar-refractivity contribution in [2.45, 2.75) is 0 Å². The molecule has 0 bridgehead atoms. The molecule has 3 rings (SSSR count). The highest BCUT2D eigenvalue weighted by Gasteiger charge is 2.01. The Kier molecular flexibility index (Phi) is 5.25. The number of nitrogens with zero attached hydrogens (tertiary/aromatic N) is 2. The number of benzene rings is 2. The Balaban J connectivity index is 1.64. The van der Waals surface area contributed by atoms with Crippen LogP contribution in [0.5, 0.6) is 0 Å². The van der Waals surface area contributed by atoms with Crippen LogP contribution in [0.3, 0.4) is 0 Å². The molecule has 0 aliphatic rings. The van der Waals surface area contributed by atoms with E-state index in [1.165, 1.54) is 0 Å². The molecule has 3 aromatic rings. The summed E-state index contributed by atoms with van der Waals surface area (Å²) in [4.78, 5) is 0. The minimum atomic E-state index is 0.432. The lowest BCUT2D eigenvalue weighted by Gasteiger charge is -2.07. The van der Waals surface area contributed by atoms with Crippen molar-refractivity contribution in [3.05, 3.63) is 83.6 Å². The van der Waals surface area contributed by atoms with Gasteiger partial charge in [0.1, 0.15) is 0 Å². The molecule has 120 valence electrons. The van der Waals surface area contributed by atoms with Crippen LogP contribution in [0.25, 0.3) is 5.69 Å². The smallest absolute Gasteiger partial charge is 0.191 e. The minimum Gasteiger partial charge on any atom is -0.331 e. The van der Waals surface area contributed by atoms with E-state index in [-0.39, 0.29) is 0 Å². The molecular weight excluding hydrogens is 340 g/mol. The number of thiocarbonyl (C=S) groups is 1. The summed E-state index contributed by atoms with van der Waals surface area (Å²) in [6.07, 6.45) is 3.68. The van der Waals surface area contributed by atoms with Crippen molar-refractivity contribution in [3.8, 4) is 5.69 Å². The fourth-order valence-electron chi connectivity index (χ4n) is 2.17. The first-order chi connectivity index (χ1) is 11.7. The summed E-state index contributed by atoms with van der Waals surface area (Å²) in [7, 11) is 0. The van der Waals surface area contributed by atoms with Gasteiger partial charge >= 0.3 is 0 Å².